The minimum Gasteiger partial charge on any atom is -0.454 e. The minimum absolute atomic E-state index is 0.150. The highest BCUT2D eigenvalue weighted by atomic mass is 19.3. The number of hydrogen-bond acceptors (Lipinski definition) is 5. The fraction of sp³-hybridized carbons (Fsp3) is 0.289. The molecule has 48 heavy (non-hydrogen) atoms. The molecule has 0 aliphatic carbocycles. The Hall–Kier alpha value is -4.83. The fourth-order valence-corrected chi connectivity index (χ4v) is 5.88. The van der Waals surface area contributed by atoms with Gasteiger partial charge >= 0.3 is 12.5 Å². The number of alkyl halides is 4. The first-order valence-corrected chi connectivity index (χ1v) is 16.0. The van der Waals surface area contributed by atoms with Gasteiger partial charge in [0.1, 0.15) is 11.6 Å². The van der Waals surface area contributed by atoms with Crippen LogP contribution in [-0.4, -0.2) is 33.8 Å². The number of benzene rings is 4. The Bertz CT molecular complexity index is 1840. The van der Waals surface area contributed by atoms with Gasteiger partial charge in [0.15, 0.2) is 11.5 Å². The largest absolute Gasteiger partial charge is 0.461 e. The van der Waals surface area contributed by atoms with Crippen LogP contribution in [0, 0.1) is 6.92 Å². The number of ether oxygens (including phenoxy) is 3. The number of aromatic nitrogens is 2. The second-order valence-corrected chi connectivity index (χ2v) is 11.9. The normalized spacial score (nSPS) is 12.7. The topological polar surface area (TPSA) is 48.8 Å². The third-order valence-electron chi connectivity index (χ3n) is 8.16. The maximum Gasteiger partial charge on any atom is 0.461 e. The maximum atomic E-state index is 13.8. The average molecular weight is 660 g/mol. The maximum absolute atomic E-state index is 13.8. The second kappa shape index (κ2) is 14.5. The molecule has 6 nitrogen and oxygen atoms in total. The lowest BCUT2D eigenvalue weighted by atomic mass is 10.1. The van der Waals surface area contributed by atoms with Gasteiger partial charge in [0, 0.05) is 37.3 Å². The summed E-state index contributed by atoms with van der Waals surface area (Å²) in [7, 11) is 0. The van der Waals surface area contributed by atoms with Gasteiger partial charge in [0.2, 0.25) is 6.79 Å². The first kappa shape index (κ1) is 33.1. The molecule has 5 aromatic rings. The van der Waals surface area contributed by atoms with E-state index in [4.69, 9.17) is 14.5 Å². The molecule has 0 atom stereocenters. The molecule has 0 saturated carbocycles. The third kappa shape index (κ3) is 7.65. The van der Waals surface area contributed by atoms with Crippen molar-refractivity contribution in [2.24, 2.45) is 0 Å². The van der Waals surface area contributed by atoms with E-state index in [1.165, 1.54) is 18.2 Å². The third-order valence-corrected chi connectivity index (χ3v) is 8.16. The van der Waals surface area contributed by atoms with E-state index in [1.807, 2.05) is 55.5 Å². The van der Waals surface area contributed by atoms with Crippen LogP contribution in [-0.2, 0) is 26.2 Å². The summed E-state index contributed by atoms with van der Waals surface area (Å²) in [5.41, 5.74) is 6.54. The summed E-state index contributed by atoms with van der Waals surface area (Å²) in [6.45, 7) is 6.31. The SMILES string of the molecule is CCCCn1c(-c2ccccc2)nc(-c2cccc(C)c2)c1CN(Cc1cccc(OC(F)(F)C(F)F)c1)Cc1ccc2c(c1)OCO2. The molecule has 0 saturated heterocycles. The van der Waals surface area contributed by atoms with Crippen LogP contribution >= 0.6 is 0 Å². The lowest BCUT2D eigenvalue weighted by Gasteiger charge is -2.25. The van der Waals surface area contributed by atoms with Gasteiger partial charge in [0.05, 0.1) is 11.4 Å². The van der Waals surface area contributed by atoms with Crippen LogP contribution in [0.3, 0.4) is 0 Å². The number of nitrogens with zero attached hydrogens (tertiary/aromatic N) is 3. The van der Waals surface area contributed by atoms with Crippen molar-refractivity contribution in [3.8, 4) is 39.9 Å². The van der Waals surface area contributed by atoms with Crippen molar-refractivity contribution in [2.75, 3.05) is 6.79 Å². The van der Waals surface area contributed by atoms with Crippen LogP contribution in [0.1, 0.15) is 42.1 Å². The van der Waals surface area contributed by atoms with Crippen LogP contribution in [0.2, 0.25) is 0 Å². The molecule has 1 aromatic heterocycles. The number of fused-ring (bicyclic) bond motifs is 1. The molecule has 4 aromatic carbocycles. The zero-order valence-corrected chi connectivity index (χ0v) is 26.8. The van der Waals surface area contributed by atoms with Crippen molar-refractivity contribution in [2.45, 2.75) is 65.4 Å². The molecule has 6 rings (SSSR count). The molecule has 2 heterocycles. The fourth-order valence-electron chi connectivity index (χ4n) is 5.88. The van der Waals surface area contributed by atoms with Crippen molar-refractivity contribution >= 4 is 0 Å². The van der Waals surface area contributed by atoms with Crippen molar-refractivity contribution in [3.05, 3.63) is 119 Å². The van der Waals surface area contributed by atoms with Crippen LogP contribution in [0.15, 0.2) is 97.1 Å². The monoisotopic (exact) mass is 659 g/mol. The van der Waals surface area contributed by atoms with Gasteiger partial charge in [0.25, 0.3) is 0 Å². The molecule has 250 valence electrons. The summed E-state index contributed by atoms with van der Waals surface area (Å²) in [5.74, 6) is 1.85. The standard InChI is InChI=1S/C38H37F4N3O3/c1-3-4-18-45-32(35(30-14-8-10-26(2)19-30)43-36(45)29-12-6-5-7-13-29)24-44(23-28-16-17-33-34(21-28)47-25-46-33)22-27-11-9-15-31(20-27)48-38(41,42)37(39)40/h5-17,19-21,37H,3-4,18,22-25H2,1-2H3. The number of imidazole rings is 1. The lowest BCUT2D eigenvalue weighted by molar-refractivity contribution is -0.253. The van der Waals surface area contributed by atoms with Crippen molar-refractivity contribution in [1.29, 1.82) is 0 Å². The van der Waals surface area contributed by atoms with E-state index in [-0.39, 0.29) is 12.5 Å². The molecule has 1 aliphatic heterocycles. The summed E-state index contributed by atoms with van der Waals surface area (Å²) in [5, 5.41) is 0. The predicted molar refractivity (Wildman–Crippen MR) is 176 cm³/mol. The predicted octanol–water partition coefficient (Wildman–Crippen LogP) is 9.49. The molecule has 0 unspecified atom stereocenters. The smallest absolute Gasteiger partial charge is 0.454 e. The zero-order valence-electron chi connectivity index (χ0n) is 26.8. The number of halogens is 4. The van der Waals surface area contributed by atoms with E-state index in [0.717, 1.165) is 58.9 Å². The highest BCUT2D eigenvalue weighted by molar-refractivity contribution is 5.69. The Morgan fingerprint density at radius 2 is 1.56 bits per heavy atom. The van der Waals surface area contributed by atoms with Gasteiger partial charge in [-0.15, -0.1) is 0 Å². The number of hydrogen-bond donors (Lipinski definition) is 0. The number of aryl methyl sites for hydroxylation is 1. The van der Waals surface area contributed by atoms with E-state index in [2.05, 4.69) is 45.4 Å². The van der Waals surface area contributed by atoms with E-state index in [9.17, 15) is 17.6 Å². The Labute approximate surface area is 277 Å². The van der Waals surface area contributed by atoms with Gasteiger partial charge in [-0.1, -0.05) is 85.6 Å². The summed E-state index contributed by atoms with van der Waals surface area (Å²) in [4.78, 5) is 7.43. The number of unbranched alkanes of at least 4 members (excludes halogenated alkanes) is 1. The molecule has 0 fully saturated rings. The first-order valence-electron chi connectivity index (χ1n) is 16.0. The Morgan fingerprint density at radius 3 is 2.31 bits per heavy atom. The molecular formula is C38H37F4N3O3. The van der Waals surface area contributed by atoms with E-state index >= 15 is 0 Å². The van der Waals surface area contributed by atoms with E-state index in [0.29, 0.717) is 36.7 Å². The molecule has 0 radical (unpaired) electrons. The Balaban J connectivity index is 1.43. The van der Waals surface area contributed by atoms with E-state index < -0.39 is 12.5 Å². The van der Waals surface area contributed by atoms with Gasteiger partial charge in [-0.25, -0.2) is 4.98 Å². The summed E-state index contributed by atoms with van der Waals surface area (Å²) >= 11 is 0. The quantitative estimate of drug-likeness (QED) is 0.111. The van der Waals surface area contributed by atoms with Gasteiger partial charge in [-0.3, -0.25) is 4.90 Å². The summed E-state index contributed by atoms with van der Waals surface area (Å²) in [6, 6.07) is 30.0. The molecule has 0 bridgehead atoms. The van der Waals surface area contributed by atoms with E-state index in [1.54, 1.807) is 6.07 Å². The molecular weight excluding hydrogens is 622 g/mol. The number of rotatable bonds is 14. The zero-order chi connectivity index (χ0) is 33.7. The highest BCUT2D eigenvalue weighted by Gasteiger charge is 2.44. The average Bonchev–Trinajstić information content (AvgIpc) is 3.68. The minimum atomic E-state index is -4.60. The Morgan fingerprint density at radius 1 is 0.833 bits per heavy atom. The van der Waals surface area contributed by atoms with Crippen molar-refractivity contribution < 1.29 is 31.8 Å². The van der Waals surface area contributed by atoms with Crippen LogP contribution in [0.25, 0.3) is 22.6 Å². The molecule has 0 amide bonds. The van der Waals surface area contributed by atoms with Crippen LogP contribution < -0.4 is 14.2 Å². The Kier molecular flexibility index (Phi) is 10.0. The van der Waals surface area contributed by atoms with Crippen LogP contribution in [0.4, 0.5) is 17.6 Å². The van der Waals surface area contributed by atoms with Crippen molar-refractivity contribution in [3.63, 3.8) is 0 Å². The highest BCUT2D eigenvalue weighted by Crippen LogP contribution is 2.35. The second-order valence-electron chi connectivity index (χ2n) is 11.9. The van der Waals surface area contributed by atoms with Gasteiger partial charge in [-0.05, 0) is 54.8 Å². The molecule has 1 aliphatic rings. The molecule has 0 N–H and O–H groups in total. The molecule has 10 heteroatoms. The van der Waals surface area contributed by atoms with Gasteiger partial charge in [-0.2, -0.15) is 17.6 Å². The van der Waals surface area contributed by atoms with Crippen molar-refractivity contribution in [1.82, 2.24) is 14.5 Å². The van der Waals surface area contributed by atoms with Gasteiger partial charge < -0.3 is 18.8 Å². The lowest BCUT2D eigenvalue weighted by Crippen LogP contribution is -2.33. The summed E-state index contributed by atoms with van der Waals surface area (Å²) in [6.07, 6.45) is -6.63. The molecule has 0 spiro atoms. The first-order chi connectivity index (χ1) is 23.2. The summed E-state index contributed by atoms with van der Waals surface area (Å²) < 4.78 is 71.4. The van der Waals surface area contributed by atoms with Crippen LogP contribution in [0.5, 0.6) is 17.2 Å².